The average molecular weight is 1800 g/mol. The molecule has 0 aromatic carbocycles. The maximum Gasteiger partial charge on any atom is 0.454 e. The van der Waals surface area contributed by atoms with E-state index in [1.165, 1.54) is 71.3 Å². The number of carbonyl (C=O) groups excluding carboxylic acids is 4. The molecular formula is C79H97BCl6N18O14Si2. The molecule has 120 heavy (non-hydrogen) atoms. The molecule has 3 saturated carbocycles. The van der Waals surface area contributed by atoms with E-state index in [1.54, 1.807) is 61.7 Å². The Balaban J connectivity index is 0.000000178. The Hall–Kier alpha value is -9.15. The Morgan fingerprint density at radius 2 is 1.12 bits per heavy atom. The molecule has 2 aliphatic heterocycles. The molecule has 640 valence electrons. The zero-order valence-corrected chi connectivity index (χ0v) is 74.7. The molecule has 5 aliphatic rings. The molecule has 10 aromatic heterocycles. The van der Waals surface area contributed by atoms with Crippen molar-refractivity contribution in [1.82, 2.24) is 63.9 Å². The number of anilines is 3. The number of rotatable bonds is 23. The van der Waals surface area contributed by atoms with Crippen LogP contribution in [0.4, 0.5) is 22.9 Å². The van der Waals surface area contributed by atoms with Crippen molar-refractivity contribution < 1.29 is 52.9 Å². The third-order valence-electron chi connectivity index (χ3n) is 18.0. The topological polar surface area (TPSA) is 451 Å². The van der Waals surface area contributed by atoms with Crippen molar-refractivity contribution in [3.63, 3.8) is 0 Å². The minimum atomic E-state index is -1.10. The van der Waals surface area contributed by atoms with E-state index < -0.39 is 47.2 Å². The van der Waals surface area contributed by atoms with Crippen molar-refractivity contribution in [2.75, 3.05) is 44.1 Å². The van der Waals surface area contributed by atoms with Crippen molar-refractivity contribution in [3.8, 4) is 0 Å². The fraction of sp³-hybridized carbons (Fsp3) is 0.405. The fourth-order valence-electron chi connectivity index (χ4n) is 11.0. The third-order valence-corrected chi connectivity index (χ3v) is 22.8. The maximum atomic E-state index is 13.1. The Morgan fingerprint density at radius 3 is 1.66 bits per heavy atom. The highest BCUT2D eigenvalue weighted by Gasteiger charge is 2.39. The highest BCUT2D eigenvalue weighted by Crippen LogP contribution is 2.41. The number of primary amides is 2. The highest BCUT2D eigenvalue weighted by molar-refractivity contribution is 6.76. The van der Waals surface area contributed by atoms with Crippen LogP contribution in [0.5, 0.6) is 0 Å². The fourth-order valence-corrected chi connectivity index (χ4v) is 13.7. The number of halogens is 6. The van der Waals surface area contributed by atoms with Crippen LogP contribution >= 0.6 is 69.6 Å². The van der Waals surface area contributed by atoms with Gasteiger partial charge in [-0.1, -0.05) is 122 Å². The zero-order chi connectivity index (χ0) is 87.9. The van der Waals surface area contributed by atoms with Gasteiger partial charge in [0.25, 0.3) is 40.9 Å². The summed E-state index contributed by atoms with van der Waals surface area (Å²) in [5.74, 6) is 0.216. The number of ketones is 1. The van der Waals surface area contributed by atoms with Gasteiger partial charge in [0.15, 0.2) is 5.78 Å². The summed E-state index contributed by atoms with van der Waals surface area (Å²) in [6.07, 6.45) is 22.3. The van der Waals surface area contributed by atoms with Crippen LogP contribution in [-0.4, -0.2) is 161 Å². The second kappa shape index (κ2) is 44.6. The van der Waals surface area contributed by atoms with Crippen LogP contribution in [0.25, 0.3) is 32.6 Å². The predicted octanol–water partition coefficient (Wildman–Crippen LogP) is 14.2. The first-order valence-corrected chi connectivity index (χ1v) is 48.0. The Bertz CT molecular complexity index is 5430. The number of carbonyl (C=O) groups is 4. The van der Waals surface area contributed by atoms with Gasteiger partial charge in [0.2, 0.25) is 0 Å². The first-order valence-electron chi connectivity index (χ1n) is 38.4. The number of fused-ring (bicyclic) bond motifs is 5. The molecule has 10 aromatic rings. The van der Waals surface area contributed by atoms with E-state index in [0.29, 0.717) is 94.8 Å². The number of ether oxygens (including phenoxy) is 5. The molecule has 3 aliphatic carbocycles. The number of nitrogen functional groups attached to an aromatic ring is 1. The van der Waals surface area contributed by atoms with Crippen molar-refractivity contribution in [3.05, 3.63) is 200 Å². The maximum absolute atomic E-state index is 13.1. The molecule has 41 heteroatoms. The largest absolute Gasteiger partial charge is 0.454 e. The number of hydrogen-bond donors (Lipinski definition) is 7. The summed E-state index contributed by atoms with van der Waals surface area (Å²) in [6, 6.07) is 15.4. The number of aliphatic imine (C=N–C) groups is 1. The normalized spacial score (nSPS) is 14.1. The van der Waals surface area contributed by atoms with Crippen LogP contribution in [0.1, 0.15) is 144 Å². The zero-order valence-electron chi connectivity index (χ0n) is 68.2. The molecule has 0 atom stereocenters. The summed E-state index contributed by atoms with van der Waals surface area (Å²) in [6.45, 7) is 26.3. The van der Waals surface area contributed by atoms with Crippen molar-refractivity contribution in [1.29, 1.82) is 0 Å². The van der Waals surface area contributed by atoms with Gasteiger partial charge < -0.3 is 61.6 Å². The predicted molar refractivity (Wildman–Crippen MR) is 473 cm³/mol. The number of nitrogens with two attached hydrogens (primary N) is 3. The number of nitrogens with one attached hydrogen (secondary N) is 2. The van der Waals surface area contributed by atoms with E-state index in [4.69, 9.17) is 121 Å². The van der Waals surface area contributed by atoms with Gasteiger partial charge in [0, 0.05) is 140 Å². The standard InChI is InChI=1S/C19H17ClN6O2.C16H23N3O2Si.C14H19ClN2O2Si.C8H5ClN2O.C7H16O3.C6H4Cl2N2O.C6H6ClN3O.C3H7BO2/c1-19(2)25-17(27)15-11(20)5-14(18(28)26(15)19)24-16-10-7-21-12(9-3-4-9)6-13(10)22-8-23-16;1-22(2,3)7-6-21-11-19-10-18-15-8-14(12-4-5-12)17-9-13(15)16(19)20;1-20(2,3)7-6-19-10-17-5-4-11-8-13(15)16-9-12(11)14(17)18;9-8-3-6-5(4-11-8)7(12)1-2-10-6;1-4-8-7(9-5-2)10-6-3;7-4-1-5(8)10-2-3(4)6(9)11;7-5-1-4(8)3(2-10-5)6(9)11;5-4(6)3-1-2-3/h5-9H,3-4H2,1-2H3,(H,25,27)(H,22,23,24);8-10,12H,4-7,11H2,1-3H3;4-5,8-9H,6-7,10H2,1-3H3;2-4H,1H2;7H,4-6H2,1-3H3;1-2H,(H2,9,11);1-2H,(H2,8,10)(H2,9,11);3,5-6H,1-2H2. The third kappa shape index (κ3) is 29.3. The molecule has 0 radical (unpaired) electrons. The molecule has 12 heterocycles. The van der Waals surface area contributed by atoms with Crippen molar-refractivity contribution in [2.24, 2.45) is 16.5 Å². The Kier molecular flexibility index (Phi) is 35.8. The summed E-state index contributed by atoms with van der Waals surface area (Å²) < 4.78 is 30.9. The molecule has 0 bridgehead atoms. The molecular weight excluding hydrogens is 1700 g/mol. The molecule has 0 spiro atoms. The van der Waals surface area contributed by atoms with Gasteiger partial charge >= 0.3 is 7.12 Å². The van der Waals surface area contributed by atoms with Gasteiger partial charge in [-0.2, -0.15) is 0 Å². The number of nitrogens with zero attached hydrogens (tertiary/aromatic N) is 13. The molecule has 3 amide bonds. The number of aromatic nitrogens is 12. The summed E-state index contributed by atoms with van der Waals surface area (Å²) >= 11 is 34.3. The molecule has 10 N–H and O–H groups in total. The van der Waals surface area contributed by atoms with Gasteiger partial charge in [-0.25, -0.2) is 34.9 Å². The molecule has 0 saturated heterocycles. The van der Waals surface area contributed by atoms with E-state index in [9.17, 15) is 33.6 Å². The van der Waals surface area contributed by atoms with Gasteiger partial charge in [-0.05, 0) is 126 Å². The minimum Gasteiger partial charge on any atom is -0.427 e. The van der Waals surface area contributed by atoms with E-state index in [1.807, 2.05) is 39.0 Å². The van der Waals surface area contributed by atoms with E-state index >= 15 is 0 Å². The summed E-state index contributed by atoms with van der Waals surface area (Å²) in [5.41, 5.74) is 19.7. The molecule has 0 unspecified atom stereocenters. The average Bonchev–Trinajstić information content (AvgIpc) is 1.58. The molecule has 15 rings (SSSR count). The van der Waals surface area contributed by atoms with Gasteiger partial charge in [0.1, 0.15) is 69.6 Å². The van der Waals surface area contributed by atoms with Crippen LogP contribution in [0, 0.1) is 0 Å². The number of amides is 3. The lowest BCUT2D eigenvalue weighted by Crippen LogP contribution is -2.42. The molecule has 32 nitrogen and oxygen atoms in total. The van der Waals surface area contributed by atoms with Crippen LogP contribution in [0.2, 0.25) is 87.8 Å². The second-order valence-corrected chi connectivity index (χ2v) is 44.2. The summed E-state index contributed by atoms with van der Waals surface area (Å²) in [4.78, 5) is 123. The quantitative estimate of drug-likeness (QED) is 0.0135. The Morgan fingerprint density at radius 1 is 0.608 bits per heavy atom. The first kappa shape index (κ1) is 96.3. The highest BCUT2D eigenvalue weighted by atomic mass is 35.5. The SMILES string of the molecule is CC1(C)NC(=O)c2c(Cl)cc(Nc3ncnc4cc(C5CC5)ncc34)c(=O)n21.CCOC(OCC)OCC.C[Si](C)(C)CCOCn1ccc2cc(Cl)ncc2c1=O.C[Si](C)(C)CCOCn1cnc2cc(C3CC3)ncc2c1=O.NC(=O)c1cnc(Cl)cc1Cl.NC(=O)c1cnc(Cl)cc1N.O=C1CC=Nc2cc(Cl)ncc21.OB(O)C1CC1. The number of hydrogen-bond acceptors (Lipinski definition) is 26. The van der Waals surface area contributed by atoms with Gasteiger partial charge in [0.05, 0.1) is 59.6 Å². The van der Waals surface area contributed by atoms with Gasteiger partial charge in [-0.15, -0.1) is 0 Å². The Labute approximate surface area is 724 Å². The van der Waals surface area contributed by atoms with Crippen LogP contribution in [0.15, 0.2) is 124 Å². The molecule has 3 fully saturated rings. The van der Waals surface area contributed by atoms with Crippen LogP contribution < -0.4 is 44.5 Å². The lowest BCUT2D eigenvalue weighted by molar-refractivity contribution is -0.282. The lowest BCUT2D eigenvalue weighted by atomic mass is 9.84. The monoisotopic (exact) mass is 1800 g/mol. The summed E-state index contributed by atoms with van der Waals surface area (Å²) in [5, 5.41) is 26.6. The van der Waals surface area contributed by atoms with Crippen molar-refractivity contribution >= 4 is 178 Å². The first-order chi connectivity index (χ1) is 56.8. The smallest absolute Gasteiger partial charge is 0.427 e. The van der Waals surface area contributed by atoms with E-state index in [-0.39, 0.29) is 96.2 Å². The van der Waals surface area contributed by atoms with Gasteiger partial charge in [-0.3, -0.25) is 62.2 Å². The number of pyridine rings is 8. The van der Waals surface area contributed by atoms with Crippen LogP contribution in [0.3, 0.4) is 0 Å². The summed E-state index contributed by atoms with van der Waals surface area (Å²) in [7, 11) is -3.23. The van der Waals surface area contributed by atoms with Crippen molar-refractivity contribution in [2.45, 2.75) is 174 Å². The lowest BCUT2D eigenvalue weighted by Gasteiger charge is -2.22. The van der Waals surface area contributed by atoms with E-state index in [0.717, 1.165) is 65.6 Å². The number of Topliss-reactive ketones (excluding diaryl/α,β-unsaturated/α-hetero) is 1. The second-order valence-electron chi connectivity index (χ2n) is 30.6. The minimum absolute atomic E-state index is 0.0455. The van der Waals surface area contributed by atoms with Crippen LogP contribution in [-0.2, 0) is 42.8 Å². The van der Waals surface area contributed by atoms with E-state index in [2.05, 4.69) is 99.8 Å².